The average molecular weight is 503 g/mol. The minimum Gasteiger partial charge on any atom is -0.490 e. The number of hydrogen-bond donors (Lipinski definition) is 0. The lowest BCUT2D eigenvalue weighted by molar-refractivity contribution is -0.114. The van der Waals surface area contributed by atoms with Crippen LogP contribution in [0.25, 0.3) is 6.08 Å². The monoisotopic (exact) mass is 502 g/mol. The van der Waals surface area contributed by atoms with Gasteiger partial charge in [0.15, 0.2) is 23.3 Å². The van der Waals surface area contributed by atoms with E-state index in [0.717, 1.165) is 6.42 Å². The molecular formula is C21H16BrF5N2O2. The van der Waals surface area contributed by atoms with Crippen LogP contribution in [0.3, 0.4) is 0 Å². The lowest BCUT2D eigenvalue weighted by Crippen LogP contribution is -2.25. The summed E-state index contributed by atoms with van der Waals surface area (Å²) < 4.78 is 75.4. The molecule has 1 aliphatic heterocycles. The standard InChI is InChI=1S/C21H16BrF5N2O2/c1-4-9(2)31-14-6-5-12(22)7-11(14)8-13-10(3)28-29(21(13)30)20-18(26)16(24)15(23)17(25)19(20)27/h5-9H,4H2,1-3H3/b13-8-/t9-/m0/s1. The van der Waals surface area contributed by atoms with Crippen molar-refractivity contribution in [1.29, 1.82) is 0 Å². The van der Waals surface area contributed by atoms with Crippen molar-refractivity contribution >= 4 is 39.3 Å². The molecule has 0 radical (unpaired) electrons. The predicted molar refractivity (Wildman–Crippen MR) is 109 cm³/mol. The number of rotatable bonds is 5. The first-order valence-electron chi connectivity index (χ1n) is 9.16. The maximum atomic E-state index is 14.2. The molecule has 0 saturated heterocycles. The van der Waals surface area contributed by atoms with E-state index in [1.807, 2.05) is 13.8 Å². The van der Waals surface area contributed by atoms with Gasteiger partial charge in [0.2, 0.25) is 5.82 Å². The van der Waals surface area contributed by atoms with Gasteiger partial charge in [-0.05, 0) is 44.5 Å². The fourth-order valence-electron chi connectivity index (χ4n) is 2.81. The number of anilines is 1. The molecule has 2 aromatic carbocycles. The third-order valence-electron chi connectivity index (χ3n) is 4.64. The minimum absolute atomic E-state index is 0.0309. The van der Waals surface area contributed by atoms with E-state index in [0.29, 0.717) is 15.8 Å². The SMILES string of the molecule is CC[C@H](C)Oc1ccc(Br)cc1/C=C1\C(=O)N(c2c(F)c(F)c(F)c(F)c2F)N=C1C. The zero-order valence-corrected chi connectivity index (χ0v) is 18.2. The molecule has 31 heavy (non-hydrogen) atoms. The smallest absolute Gasteiger partial charge is 0.280 e. The Morgan fingerprint density at radius 3 is 2.26 bits per heavy atom. The van der Waals surface area contributed by atoms with Crippen LogP contribution in [0.15, 0.2) is 33.3 Å². The van der Waals surface area contributed by atoms with Gasteiger partial charge in [0.05, 0.1) is 17.4 Å². The van der Waals surface area contributed by atoms with Crippen molar-refractivity contribution in [1.82, 2.24) is 0 Å². The van der Waals surface area contributed by atoms with Gasteiger partial charge in [0.25, 0.3) is 5.91 Å². The Bertz CT molecular complexity index is 1100. The zero-order chi connectivity index (χ0) is 23.0. The third-order valence-corrected chi connectivity index (χ3v) is 5.13. The molecule has 164 valence electrons. The second kappa shape index (κ2) is 8.78. The van der Waals surface area contributed by atoms with Crippen LogP contribution in [-0.2, 0) is 4.79 Å². The van der Waals surface area contributed by atoms with E-state index >= 15 is 0 Å². The summed E-state index contributed by atoms with van der Waals surface area (Å²) in [4.78, 5) is 12.8. The summed E-state index contributed by atoms with van der Waals surface area (Å²) in [7, 11) is 0. The number of hydrazone groups is 1. The normalized spacial score (nSPS) is 16.2. The molecule has 10 heteroatoms. The predicted octanol–water partition coefficient (Wildman–Crippen LogP) is 6.13. The quantitative estimate of drug-likeness (QED) is 0.213. The second-order valence-electron chi connectivity index (χ2n) is 6.80. The number of halogens is 6. The van der Waals surface area contributed by atoms with Crippen LogP contribution in [0.2, 0.25) is 0 Å². The highest BCUT2D eigenvalue weighted by Gasteiger charge is 2.37. The molecule has 1 aliphatic rings. The summed E-state index contributed by atoms with van der Waals surface area (Å²) in [6.45, 7) is 5.17. The highest BCUT2D eigenvalue weighted by atomic mass is 79.9. The number of benzene rings is 2. The van der Waals surface area contributed by atoms with E-state index in [4.69, 9.17) is 4.74 Å². The first-order valence-corrected chi connectivity index (χ1v) is 9.95. The molecule has 0 N–H and O–H groups in total. The Labute approximate surface area is 183 Å². The van der Waals surface area contributed by atoms with Crippen LogP contribution in [0.5, 0.6) is 5.75 Å². The number of ether oxygens (including phenoxy) is 1. The zero-order valence-electron chi connectivity index (χ0n) is 16.6. The van der Waals surface area contributed by atoms with Crippen molar-refractivity contribution in [3.63, 3.8) is 0 Å². The Kier molecular flexibility index (Phi) is 6.49. The summed E-state index contributed by atoms with van der Waals surface area (Å²) in [6.07, 6.45) is 1.98. The molecule has 0 aliphatic carbocycles. The van der Waals surface area contributed by atoms with Gasteiger partial charge in [0, 0.05) is 10.0 Å². The highest BCUT2D eigenvalue weighted by Crippen LogP contribution is 2.35. The van der Waals surface area contributed by atoms with E-state index in [1.165, 1.54) is 13.0 Å². The number of carbonyl (C=O) groups is 1. The van der Waals surface area contributed by atoms with Gasteiger partial charge >= 0.3 is 0 Å². The summed E-state index contributed by atoms with van der Waals surface area (Å²) in [5, 5.41) is 3.90. The van der Waals surface area contributed by atoms with E-state index < -0.39 is 40.7 Å². The van der Waals surface area contributed by atoms with Crippen molar-refractivity contribution in [2.45, 2.75) is 33.3 Å². The van der Waals surface area contributed by atoms with Crippen molar-refractivity contribution < 1.29 is 31.5 Å². The molecule has 4 nitrogen and oxygen atoms in total. The molecule has 0 aromatic heterocycles. The molecule has 0 fully saturated rings. The molecular weight excluding hydrogens is 487 g/mol. The van der Waals surface area contributed by atoms with E-state index in [-0.39, 0.29) is 22.4 Å². The van der Waals surface area contributed by atoms with Gasteiger partial charge in [-0.25, -0.2) is 22.0 Å². The molecule has 0 bridgehead atoms. The van der Waals surface area contributed by atoms with Crippen molar-refractivity contribution in [2.24, 2.45) is 5.10 Å². The largest absolute Gasteiger partial charge is 0.490 e. The Morgan fingerprint density at radius 2 is 1.68 bits per heavy atom. The van der Waals surface area contributed by atoms with Crippen molar-refractivity contribution in [3.05, 3.63) is 62.9 Å². The highest BCUT2D eigenvalue weighted by molar-refractivity contribution is 9.10. The van der Waals surface area contributed by atoms with Crippen LogP contribution >= 0.6 is 15.9 Å². The maximum absolute atomic E-state index is 14.2. The fourth-order valence-corrected chi connectivity index (χ4v) is 3.19. The van der Waals surface area contributed by atoms with Crippen LogP contribution in [0.1, 0.15) is 32.8 Å². The molecule has 3 rings (SSSR count). The van der Waals surface area contributed by atoms with Crippen LogP contribution in [0, 0.1) is 29.1 Å². The molecule has 1 atom stereocenters. The van der Waals surface area contributed by atoms with Crippen molar-refractivity contribution in [3.8, 4) is 5.75 Å². The molecule has 0 unspecified atom stereocenters. The van der Waals surface area contributed by atoms with Gasteiger partial charge in [-0.15, -0.1) is 0 Å². The van der Waals surface area contributed by atoms with Crippen LogP contribution in [0.4, 0.5) is 27.6 Å². The molecule has 2 aromatic rings. The van der Waals surface area contributed by atoms with Crippen molar-refractivity contribution in [2.75, 3.05) is 5.01 Å². The lowest BCUT2D eigenvalue weighted by atomic mass is 10.1. The summed E-state index contributed by atoms with van der Waals surface area (Å²) >= 11 is 3.32. The molecule has 0 spiro atoms. The second-order valence-corrected chi connectivity index (χ2v) is 7.71. The first-order chi connectivity index (χ1) is 14.6. The van der Waals surface area contributed by atoms with Gasteiger partial charge in [-0.1, -0.05) is 22.9 Å². The number of nitrogens with zero attached hydrogens (tertiary/aromatic N) is 2. The Balaban J connectivity index is 2.08. The minimum atomic E-state index is -2.32. The first kappa shape index (κ1) is 22.9. The van der Waals surface area contributed by atoms with Crippen LogP contribution < -0.4 is 9.75 Å². The van der Waals surface area contributed by atoms with Gasteiger partial charge < -0.3 is 4.74 Å². The van der Waals surface area contributed by atoms with Gasteiger partial charge in [-0.3, -0.25) is 4.79 Å². The van der Waals surface area contributed by atoms with Gasteiger partial charge in [-0.2, -0.15) is 10.1 Å². The Morgan fingerprint density at radius 1 is 1.10 bits per heavy atom. The third kappa shape index (κ3) is 4.21. The van der Waals surface area contributed by atoms with Gasteiger partial charge in [0.1, 0.15) is 11.4 Å². The fraction of sp³-hybridized carbons (Fsp3) is 0.238. The number of carbonyl (C=O) groups excluding carboxylic acids is 1. The van der Waals surface area contributed by atoms with Crippen LogP contribution in [-0.4, -0.2) is 17.7 Å². The summed E-state index contributed by atoms with van der Waals surface area (Å²) in [5.41, 5.74) is -1.03. The molecule has 1 heterocycles. The Hall–Kier alpha value is -2.75. The van der Waals surface area contributed by atoms with E-state index in [9.17, 15) is 26.7 Å². The lowest BCUT2D eigenvalue weighted by Gasteiger charge is -2.16. The maximum Gasteiger partial charge on any atom is 0.280 e. The number of hydrogen-bond acceptors (Lipinski definition) is 3. The summed E-state index contributed by atoms with van der Waals surface area (Å²) in [6, 6.07) is 5.07. The van der Waals surface area contributed by atoms with E-state index in [2.05, 4.69) is 21.0 Å². The topological polar surface area (TPSA) is 41.9 Å². The molecule has 0 saturated carbocycles. The van der Waals surface area contributed by atoms with E-state index in [1.54, 1.807) is 18.2 Å². The average Bonchev–Trinajstić information content (AvgIpc) is 3.00. The molecule has 1 amide bonds. The number of amides is 1. The summed E-state index contributed by atoms with van der Waals surface area (Å²) in [5.74, 6) is -11.5.